The molecular formula is C12H22N2OS. The quantitative estimate of drug-likeness (QED) is 0.833. The molecule has 0 aliphatic heterocycles. The van der Waals surface area contributed by atoms with Gasteiger partial charge >= 0.3 is 0 Å². The molecule has 1 aromatic rings. The first-order chi connectivity index (χ1) is 7.54. The number of rotatable bonds is 6. The van der Waals surface area contributed by atoms with Crippen molar-refractivity contribution in [2.24, 2.45) is 11.7 Å². The molecule has 0 aliphatic rings. The standard InChI is InChI=1S/C12H22N2OS/c1-5-15-12(8(2)3)11(13)6-10-7-16-9(4)14-10/h7-8,11-12H,5-6,13H2,1-4H3. The van der Waals surface area contributed by atoms with Gasteiger partial charge in [-0.1, -0.05) is 13.8 Å². The van der Waals surface area contributed by atoms with E-state index in [1.54, 1.807) is 11.3 Å². The van der Waals surface area contributed by atoms with E-state index in [1.807, 2.05) is 13.8 Å². The highest BCUT2D eigenvalue weighted by Gasteiger charge is 2.22. The Hall–Kier alpha value is -0.450. The molecule has 0 amide bonds. The second-order valence-electron chi connectivity index (χ2n) is 4.39. The summed E-state index contributed by atoms with van der Waals surface area (Å²) in [7, 11) is 0. The Morgan fingerprint density at radius 2 is 2.19 bits per heavy atom. The highest BCUT2D eigenvalue weighted by atomic mass is 32.1. The van der Waals surface area contributed by atoms with Gasteiger partial charge in [0.25, 0.3) is 0 Å². The predicted octanol–water partition coefficient (Wildman–Crippen LogP) is 2.38. The minimum absolute atomic E-state index is 0.0291. The van der Waals surface area contributed by atoms with Crippen molar-refractivity contribution in [3.05, 3.63) is 16.1 Å². The molecule has 1 heterocycles. The van der Waals surface area contributed by atoms with Gasteiger partial charge < -0.3 is 10.5 Å². The monoisotopic (exact) mass is 242 g/mol. The molecule has 0 saturated carbocycles. The fourth-order valence-corrected chi connectivity index (χ4v) is 2.49. The minimum atomic E-state index is 0.0291. The number of aryl methyl sites for hydroxylation is 1. The molecule has 2 unspecified atom stereocenters. The van der Waals surface area contributed by atoms with Crippen molar-refractivity contribution in [3.8, 4) is 0 Å². The number of nitrogens with two attached hydrogens (primary N) is 1. The number of hydrogen-bond donors (Lipinski definition) is 1. The summed E-state index contributed by atoms with van der Waals surface area (Å²) in [6.07, 6.45) is 0.916. The Bertz CT molecular complexity index is 312. The maximum atomic E-state index is 6.19. The molecule has 2 atom stereocenters. The highest BCUT2D eigenvalue weighted by Crippen LogP contribution is 2.15. The fraction of sp³-hybridized carbons (Fsp3) is 0.750. The maximum Gasteiger partial charge on any atom is 0.0897 e. The molecule has 0 aliphatic carbocycles. The third-order valence-electron chi connectivity index (χ3n) is 2.55. The van der Waals surface area contributed by atoms with E-state index in [9.17, 15) is 0 Å². The molecule has 3 nitrogen and oxygen atoms in total. The Balaban J connectivity index is 2.57. The van der Waals surface area contributed by atoms with Gasteiger partial charge in [0.1, 0.15) is 0 Å². The van der Waals surface area contributed by atoms with Crippen LogP contribution in [-0.4, -0.2) is 23.7 Å². The van der Waals surface area contributed by atoms with E-state index in [0.29, 0.717) is 12.5 Å². The lowest BCUT2D eigenvalue weighted by Gasteiger charge is -2.26. The van der Waals surface area contributed by atoms with E-state index in [4.69, 9.17) is 10.5 Å². The second-order valence-corrected chi connectivity index (χ2v) is 5.45. The number of ether oxygens (including phenoxy) is 1. The van der Waals surface area contributed by atoms with Crippen molar-refractivity contribution in [3.63, 3.8) is 0 Å². The maximum absolute atomic E-state index is 6.19. The largest absolute Gasteiger partial charge is 0.377 e. The molecule has 0 saturated heterocycles. The summed E-state index contributed by atoms with van der Waals surface area (Å²) < 4.78 is 5.69. The zero-order valence-corrected chi connectivity index (χ0v) is 11.4. The summed E-state index contributed by atoms with van der Waals surface area (Å²) in [6, 6.07) is 0.0291. The van der Waals surface area contributed by atoms with Crippen LogP contribution in [0, 0.1) is 12.8 Å². The molecule has 1 aromatic heterocycles. The molecule has 1 rings (SSSR count). The summed E-state index contributed by atoms with van der Waals surface area (Å²) in [6.45, 7) is 9.03. The van der Waals surface area contributed by atoms with Crippen LogP contribution in [0.25, 0.3) is 0 Å². The van der Waals surface area contributed by atoms with Gasteiger partial charge in [0.2, 0.25) is 0 Å². The highest BCUT2D eigenvalue weighted by molar-refractivity contribution is 7.09. The second kappa shape index (κ2) is 6.33. The van der Waals surface area contributed by atoms with Crippen LogP contribution in [-0.2, 0) is 11.2 Å². The van der Waals surface area contributed by atoms with Gasteiger partial charge in [-0.15, -0.1) is 11.3 Å². The van der Waals surface area contributed by atoms with Crippen LogP contribution in [0.3, 0.4) is 0 Å². The van der Waals surface area contributed by atoms with Crippen molar-refractivity contribution < 1.29 is 4.74 Å². The van der Waals surface area contributed by atoms with Crippen molar-refractivity contribution in [2.75, 3.05) is 6.61 Å². The van der Waals surface area contributed by atoms with Gasteiger partial charge in [0, 0.05) is 24.4 Å². The lowest BCUT2D eigenvalue weighted by atomic mass is 9.97. The SMILES string of the molecule is CCOC(C(C)C)C(N)Cc1csc(C)n1. The van der Waals surface area contributed by atoms with Crippen molar-refractivity contribution >= 4 is 11.3 Å². The van der Waals surface area contributed by atoms with Gasteiger partial charge in [0.15, 0.2) is 0 Å². The van der Waals surface area contributed by atoms with Crippen LogP contribution in [0.15, 0.2) is 5.38 Å². The van der Waals surface area contributed by atoms with E-state index < -0.39 is 0 Å². The Morgan fingerprint density at radius 1 is 1.50 bits per heavy atom. The first-order valence-corrected chi connectivity index (χ1v) is 6.70. The summed E-state index contributed by atoms with van der Waals surface area (Å²) in [5.74, 6) is 0.440. The Labute approximate surface area is 102 Å². The molecule has 2 N–H and O–H groups in total. The van der Waals surface area contributed by atoms with E-state index in [-0.39, 0.29) is 12.1 Å². The smallest absolute Gasteiger partial charge is 0.0897 e. The molecular weight excluding hydrogens is 220 g/mol. The van der Waals surface area contributed by atoms with Crippen molar-refractivity contribution in [2.45, 2.75) is 46.3 Å². The van der Waals surface area contributed by atoms with Gasteiger partial charge in [-0.3, -0.25) is 0 Å². The first kappa shape index (κ1) is 13.6. The first-order valence-electron chi connectivity index (χ1n) is 5.82. The number of aromatic nitrogens is 1. The van der Waals surface area contributed by atoms with Crippen LogP contribution in [0.5, 0.6) is 0 Å². The topological polar surface area (TPSA) is 48.1 Å². The zero-order valence-electron chi connectivity index (χ0n) is 10.6. The lowest BCUT2D eigenvalue weighted by molar-refractivity contribution is 0.0126. The summed E-state index contributed by atoms with van der Waals surface area (Å²) in [5, 5.41) is 3.18. The van der Waals surface area contributed by atoms with Crippen LogP contribution in [0.4, 0.5) is 0 Å². The Morgan fingerprint density at radius 3 is 2.62 bits per heavy atom. The third-order valence-corrected chi connectivity index (χ3v) is 3.37. The van der Waals surface area contributed by atoms with E-state index in [1.165, 1.54) is 0 Å². The summed E-state index contributed by atoms with van der Waals surface area (Å²) >= 11 is 1.67. The minimum Gasteiger partial charge on any atom is -0.377 e. The van der Waals surface area contributed by atoms with Crippen molar-refractivity contribution in [1.29, 1.82) is 0 Å². The predicted molar refractivity (Wildman–Crippen MR) is 68.8 cm³/mol. The van der Waals surface area contributed by atoms with Gasteiger partial charge in [-0.25, -0.2) is 4.98 Å². The number of hydrogen-bond acceptors (Lipinski definition) is 4. The normalized spacial score (nSPS) is 15.4. The third kappa shape index (κ3) is 3.85. The molecule has 0 radical (unpaired) electrons. The number of thiazole rings is 1. The van der Waals surface area contributed by atoms with E-state index >= 15 is 0 Å². The summed E-state index contributed by atoms with van der Waals surface area (Å²) in [4.78, 5) is 4.44. The molecule has 0 fully saturated rings. The fourth-order valence-electron chi connectivity index (χ4n) is 1.86. The molecule has 92 valence electrons. The average molecular weight is 242 g/mol. The summed E-state index contributed by atoms with van der Waals surface area (Å²) in [5.41, 5.74) is 7.27. The van der Waals surface area contributed by atoms with Crippen molar-refractivity contribution in [1.82, 2.24) is 4.98 Å². The lowest BCUT2D eigenvalue weighted by Crippen LogP contribution is -2.42. The Kier molecular flexibility index (Phi) is 5.38. The van der Waals surface area contributed by atoms with E-state index in [0.717, 1.165) is 17.1 Å². The molecule has 16 heavy (non-hydrogen) atoms. The van der Waals surface area contributed by atoms with Gasteiger partial charge in [-0.05, 0) is 19.8 Å². The zero-order chi connectivity index (χ0) is 12.1. The van der Waals surface area contributed by atoms with Crippen LogP contribution in [0.1, 0.15) is 31.5 Å². The molecule has 4 heteroatoms. The van der Waals surface area contributed by atoms with Crippen LogP contribution >= 0.6 is 11.3 Å². The van der Waals surface area contributed by atoms with Gasteiger partial charge in [-0.2, -0.15) is 0 Å². The van der Waals surface area contributed by atoms with Crippen LogP contribution in [0.2, 0.25) is 0 Å². The average Bonchev–Trinajstić information content (AvgIpc) is 2.59. The van der Waals surface area contributed by atoms with Crippen LogP contribution < -0.4 is 5.73 Å². The number of nitrogens with zero attached hydrogens (tertiary/aromatic N) is 1. The molecule has 0 aromatic carbocycles. The van der Waals surface area contributed by atoms with Gasteiger partial charge in [0.05, 0.1) is 16.8 Å². The van der Waals surface area contributed by atoms with E-state index in [2.05, 4.69) is 24.2 Å². The molecule has 0 spiro atoms. The molecule has 0 bridgehead atoms.